The zero-order valence-corrected chi connectivity index (χ0v) is 18.9. The third-order valence-corrected chi connectivity index (χ3v) is 6.17. The molecule has 0 atom stereocenters. The van der Waals surface area contributed by atoms with E-state index >= 15 is 0 Å². The van der Waals surface area contributed by atoms with Crippen molar-refractivity contribution in [3.63, 3.8) is 0 Å². The summed E-state index contributed by atoms with van der Waals surface area (Å²) in [7, 11) is 3.17. The van der Waals surface area contributed by atoms with Gasteiger partial charge >= 0.3 is 0 Å². The van der Waals surface area contributed by atoms with Crippen molar-refractivity contribution in [1.82, 2.24) is 24.8 Å². The van der Waals surface area contributed by atoms with E-state index in [1.807, 2.05) is 23.2 Å². The van der Waals surface area contributed by atoms with E-state index in [9.17, 15) is 4.79 Å². The quantitative estimate of drug-likeness (QED) is 0.611. The number of aromatic nitrogens is 3. The highest BCUT2D eigenvalue weighted by atomic mass is 16.5. The van der Waals surface area contributed by atoms with Crippen LogP contribution in [0.2, 0.25) is 0 Å². The van der Waals surface area contributed by atoms with Crippen LogP contribution in [0.4, 0.5) is 11.5 Å². The Bertz CT molecular complexity index is 1160. The van der Waals surface area contributed by atoms with Gasteiger partial charge in [0.25, 0.3) is 0 Å². The third kappa shape index (κ3) is 4.25. The number of nitrogens with zero attached hydrogens (tertiary/aromatic N) is 4. The van der Waals surface area contributed by atoms with E-state index in [2.05, 4.69) is 25.2 Å². The van der Waals surface area contributed by atoms with E-state index in [0.29, 0.717) is 42.5 Å². The molecule has 33 heavy (non-hydrogen) atoms. The van der Waals surface area contributed by atoms with Crippen molar-refractivity contribution >= 4 is 28.4 Å². The molecule has 0 unspecified atom stereocenters. The maximum Gasteiger partial charge on any atom is 0.222 e. The Morgan fingerprint density at radius 3 is 2.73 bits per heavy atom. The molecule has 174 valence electrons. The molecule has 10 nitrogen and oxygen atoms in total. The Morgan fingerprint density at radius 1 is 1.09 bits per heavy atom. The van der Waals surface area contributed by atoms with Crippen molar-refractivity contribution in [1.29, 1.82) is 0 Å². The highest BCUT2D eigenvalue weighted by Gasteiger charge is 2.23. The fourth-order valence-corrected chi connectivity index (χ4v) is 4.45. The number of nitrogens with one attached hydrogen (secondary N) is 2. The van der Waals surface area contributed by atoms with Crippen LogP contribution >= 0.6 is 0 Å². The standard InChI is InChI=1S/C23H28N6O4/c1-31-17-10-16-11-18(21(17)32-2)33-9-3-4-19(30)29-7-5-28(6-8-29)13-15-12-24-22-20(15)23(27-16)26-14-25-22/h10-12,14H,3-9,13H2,1-2H3,(H2,24,25,26,27). The minimum atomic E-state index is 0.172. The lowest BCUT2D eigenvalue weighted by Gasteiger charge is -2.34. The number of carbonyl (C=O) groups is 1. The van der Waals surface area contributed by atoms with Gasteiger partial charge in [0.2, 0.25) is 11.7 Å². The van der Waals surface area contributed by atoms with Crippen LogP contribution in [0.5, 0.6) is 17.2 Å². The summed E-state index contributed by atoms with van der Waals surface area (Å²) in [5.74, 6) is 2.47. The molecule has 5 heterocycles. The number of hydrogen-bond acceptors (Lipinski definition) is 8. The summed E-state index contributed by atoms with van der Waals surface area (Å²) < 4.78 is 17.1. The summed E-state index contributed by atoms with van der Waals surface area (Å²) in [4.78, 5) is 29.2. The Morgan fingerprint density at radius 2 is 1.94 bits per heavy atom. The van der Waals surface area contributed by atoms with Gasteiger partial charge in [-0.1, -0.05) is 0 Å². The molecule has 6 rings (SSSR count). The maximum absolute atomic E-state index is 12.7. The number of carbonyl (C=O) groups excluding carboxylic acids is 1. The molecule has 2 N–H and O–H groups in total. The van der Waals surface area contributed by atoms with Crippen LogP contribution in [0, 0.1) is 0 Å². The van der Waals surface area contributed by atoms with Gasteiger partial charge in [-0.3, -0.25) is 9.69 Å². The zero-order chi connectivity index (χ0) is 22.8. The minimum absolute atomic E-state index is 0.172. The molecular weight excluding hydrogens is 424 g/mol. The van der Waals surface area contributed by atoms with Gasteiger partial charge < -0.3 is 29.4 Å². The molecule has 10 heteroatoms. The lowest BCUT2D eigenvalue weighted by atomic mass is 10.2. The van der Waals surface area contributed by atoms with E-state index in [-0.39, 0.29) is 5.91 Å². The number of hydrogen-bond donors (Lipinski definition) is 2. The second-order valence-corrected chi connectivity index (χ2v) is 8.20. The molecule has 0 aliphatic carbocycles. The van der Waals surface area contributed by atoms with Gasteiger partial charge in [-0.25, -0.2) is 9.97 Å². The van der Waals surface area contributed by atoms with Crippen molar-refractivity contribution in [2.75, 3.05) is 52.3 Å². The van der Waals surface area contributed by atoms with E-state index < -0.39 is 0 Å². The zero-order valence-electron chi connectivity index (χ0n) is 18.9. The third-order valence-electron chi connectivity index (χ3n) is 6.17. The van der Waals surface area contributed by atoms with E-state index in [1.54, 1.807) is 14.2 Å². The van der Waals surface area contributed by atoms with Gasteiger partial charge in [0.1, 0.15) is 17.8 Å². The molecule has 2 aromatic heterocycles. The predicted octanol–water partition coefficient (Wildman–Crippen LogP) is 2.54. The Labute approximate surface area is 191 Å². The van der Waals surface area contributed by atoms with E-state index in [0.717, 1.165) is 55.0 Å². The van der Waals surface area contributed by atoms with Crippen molar-refractivity contribution < 1.29 is 19.0 Å². The minimum Gasteiger partial charge on any atom is -0.493 e. The number of fused-ring (bicyclic) bond motifs is 6. The summed E-state index contributed by atoms with van der Waals surface area (Å²) in [6, 6.07) is 3.71. The summed E-state index contributed by atoms with van der Waals surface area (Å²) in [6.45, 7) is 4.28. The monoisotopic (exact) mass is 452 g/mol. The molecule has 1 amide bonds. The van der Waals surface area contributed by atoms with Gasteiger partial charge in [-0.15, -0.1) is 0 Å². The van der Waals surface area contributed by atoms with Crippen LogP contribution in [-0.2, 0) is 11.3 Å². The van der Waals surface area contributed by atoms with Gasteiger partial charge in [0.15, 0.2) is 11.5 Å². The number of piperazine rings is 1. The largest absolute Gasteiger partial charge is 0.493 e. The Kier molecular flexibility index (Phi) is 5.91. The normalized spacial score (nSPS) is 17.4. The van der Waals surface area contributed by atoms with Gasteiger partial charge in [-0.2, -0.15) is 0 Å². The molecule has 0 spiro atoms. The molecule has 0 radical (unpaired) electrons. The number of rotatable bonds is 2. The van der Waals surface area contributed by atoms with Gasteiger partial charge in [-0.05, 0) is 12.0 Å². The highest BCUT2D eigenvalue weighted by Crippen LogP contribution is 2.41. The van der Waals surface area contributed by atoms with Gasteiger partial charge in [0, 0.05) is 63.2 Å². The average Bonchev–Trinajstić information content (AvgIpc) is 3.25. The molecule has 4 bridgehead atoms. The van der Waals surface area contributed by atoms with Crippen LogP contribution in [0.15, 0.2) is 24.7 Å². The van der Waals surface area contributed by atoms with Crippen LogP contribution in [0.3, 0.4) is 0 Å². The molecule has 3 aromatic rings. The summed E-state index contributed by atoms with van der Waals surface area (Å²) in [5, 5.41) is 4.36. The van der Waals surface area contributed by atoms with Crippen LogP contribution in [0.25, 0.3) is 11.0 Å². The Hall–Kier alpha value is -3.53. The van der Waals surface area contributed by atoms with E-state index in [4.69, 9.17) is 14.2 Å². The molecule has 0 saturated carbocycles. The van der Waals surface area contributed by atoms with Gasteiger partial charge in [0.05, 0.1) is 26.2 Å². The summed E-state index contributed by atoms with van der Waals surface area (Å²) in [5.41, 5.74) is 2.63. The first-order chi connectivity index (χ1) is 16.2. The SMILES string of the molecule is COc1cc2cc(c1OC)OCCCC(=O)N1CCN(CC1)Cc1c[nH]c3ncnc(c13)N2. The number of benzene rings is 1. The molecule has 3 aliphatic rings. The van der Waals surface area contributed by atoms with Crippen molar-refractivity contribution in [3.05, 3.63) is 30.2 Å². The summed E-state index contributed by atoms with van der Waals surface area (Å²) >= 11 is 0. The first-order valence-electron chi connectivity index (χ1n) is 11.1. The number of anilines is 2. The topological polar surface area (TPSA) is 105 Å². The summed E-state index contributed by atoms with van der Waals surface area (Å²) in [6.07, 6.45) is 4.60. The first-order valence-corrected chi connectivity index (χ1v) is 11.1. The predicted molar refractivity (Wildman–Crippen MR) is 123 cm³/mol. The maximum atomic E-state index is 12.7. The Balaban J connectivity index is 1.56. The molecular formula is C23H28N6O4. The molecule has 1 aromatic carbocycles. The van der Waals surface area contributed by atoms with Crippen molar-refractivity contribution in [2.24, 2.45) is 0 Å². The van der Waals surface area contributed by atoms with Crippen molar-refractivity contribution in [2.45, 2.75) is 19.4 Å². The lowest BCUT2D eigenvalue weighted by molar-refractivity contribution is -0.133. The molecule has 1 fully saturated rings. The number of amides is 1. The van der Waals surface area contributed by atoms with Crippen molar-refractivity contribution in [3.8, 4) is 17.2 Å². The number of aromatic amines is 1. The fourth-order valence-electron chi connectivity index (χ4n) is 4.45. The molecule has 1 saturated heterocycles. The second-order valence-electron chi connectivity index (χ2n) is 8.20. The average molecular weight is 453 g/mol. The number of ether oxygens (including phenoxy) is 3. The second kappa shape index (κ2) is 9.14. The van der Waals surface area contributed by atoms with Crippen LogP contribution in [-0.4, -0.2) is 77.7 Å². The number of H-pyrrole nitrogens is 1. The molecule has 3 aliphatic heterocycles. The van der Waals surface area contributed by atoms with Crippen LogP contribution in [0.1, 0.15) is 18.4 Å². The highest BCUT2D eigenvalue weighted by molar-refractivity contribution is 5.92. The lowest BCUT2D eigenvalue weighted by Crippen LogP contribution is -2.48. The van der Waals surface area contributed by atoms with Crippen LogP contribution < -0.4 is 19.5 Å². The first kappa shape index (κ1) is 21.3. The smallest absolute Gasteiger partial charge is 0.222 e. The van der Waals surface area contributed by atoms with E-state index in [1.165, 1.54) is 6.33 Å². The fraction of sp³-hybridized carbons (Fsp3) is 0.435. The number of methoxy groups -OCH3 is 2.